The maximum atomic E-state index is 13.4. The molecule has 3 heterocycles. The highest BCUT2D eigenvalue weighted by molar-refractivity contribution is 6.31. The molecule has 4 aromatic rings. The van der Waals surface area contributed by atoms with Crippen molar-refractivity contribution in [3.63, 3.8) is 0 Å². The number of aryl methyl sites for hydroxylation is 1. The van der Waals surface area contributed by atoms with Crippen LogP contribution < -0.4 is 5.32 Å². The predicted molar refractivity (Wildman–Crippen MR) is 135 cm³/mol. The van der Waals surface area contributed by atoms with Crippen molar-refractivity contribution < 1.29 is 9.53 Å². The number of nitrogens with one attached hydrogen (secondary N) is 1. The third-order valence-corrected chi connectivity index (χ3v) is 6.80. The second-order valence-corrected chi connectivity index (χ2v) is 9.43. The molecule has 2 aromatic heterocycles. The Morgan fingerprint density at radius 3 is 2.78 bits per heavy atom. The number of fused-ring (bicyclic) bond motifs is 1. The SMILES string of the molecule is Cn1cc([C@H](NC(=O)c2ccc3cnc(CC4CCOCC4)nc3c2)c2ccc(C#N)c(Cl)c2)cn1. The molecular weight excluding hydrogens is 476 g/mol. The fourth-order valence-electron chi connectivity index (χ4n) is 4.47. The number of halogens is 1. The summed E-state index contributed by atoms with van der Waals surface area (Å²) in [6, 6.07) is 12.1. The van der Waals surface area contributed by atoms with E-state index in [0.29, 0.717) is 22.1 Å². The minimum Gasteiger partial charge on any atom is -0.381 e. The summed E-state index contributed by atoms with van der Waals surface area (Å²) in [5, 5.41) is 17.8. The summed E-state index contributed by atoms with van der Waals surface area (Å²) < 4.78 is 7.13. The number of benzene rings is 2. The van der Waals surface area contributed by atoms with Crippen molar-refractivity contribution in [2.24, 2.45) is 13.0 Å². The fraction of sp³-hybridized carbons (Fsp3) is 0.296. The van der Waals surface area contributed by atoms with E-state index in [4.69, 9.17) is 21.3 Å². The molecule has 1 aliphatic heterocycles. The van der Waals surface area contributed by atoms with Crippen LogP contribution in [-0.2, 0) is 18.2 Å². The first-order valence-electron chi connectivity index (χ1n) is 11.8. The smallest absolute Gasteiger partial charge is 0.252 e. The van der Waals surface area contributed by atoms with Gasteiger partial charge in [0.1, 0.15) is 11.9 Å². The molecule has 0 unspecified atom stereocenters. The Morgan fingerprint density at radius 2 is 2.06 bits per heavy atom. The molecule has 5 rings (SSSR count). The Labute approximate surface area is 213 Å². The highest BCUT2D eigenvalue weighted by atomic mass is 35.5. The number of hydrogen-bond donors (Lipinski definition) is 1. The van der Waals surface area contributed by atoms with E-state index >= 15 is 0 Å². The van der Waals surface area contributed by atoms with Gasteiger partial charge in [-0.2, -0.15) is 10.4 Å². The molecule has 0 aliphatic carbocycles. The number of carbonyl (C=O) groups excluding carboxylic acids is 1. The molecule has 2 aromatic carbocycles. The summed E-state index contributed by atoms with van der Waals surface area (Å²) in [6.45, 7) is 1.57. The molecule has 1 N–H and O–H groups in total. The number of rotatable bonds is 6. The van der Waals surface area contributed by atoms with Crippen molar-refractivity contribution in [2.45, 2.75) is 25.3 Å². The molecular formula is C27H25ClN6O2. The Bertz CT molecular complexity index is 1450. The van der Waals surface area contributed by atoms with Gasteiger partial charge in [0.2, 0.25) is 0 Å². The number of amides is 1. The third kappa shape index (κ3) is 5.23. The lowest BCUT2D eigenvalue weighted by Crippen LogP contribution is -2.29. The molecule has 1 aliphatic rings. The molecule has 0 bridgehead atoms. The van der Waals surface area contributed by atoms with Crippen LogP contribution in [0.5, 0.6) is 0 Å². The Kier molecular flexibility index (Phi) is 6.94. The van der Waals surface area contributed by atoms with Gasteiger partial charge in [-0.1, -0.05) is 23.7 Å². The van der Waals surface area contributed by atoms with E-state index in [-0.39, 0.29) is 5.91 Å². The maximum Gasteiger partial charge on any atom is 0.252 e. The first-order chi connectivity index (χ1) is 17.5. The largest absolute Gasteiger partial charge is 0.381 e. The van der Waals surface area contributed by atoms with Gasteiger partial charge >= 0.3 is 0 Å². The number of hydrogen-bond acceptors (Lipinski definition) is 6. The average molecular weight is 501 g/mol. The van der Waals surface area contributed by atoms with E-state index < -0.39 is 6.04 Å². The van der Waals surface area contributed by atoms with E-state index in [0.717, 1.165) is 60.3 Å². The van der Waals surface area contributed by atoms with Crippen LogP contribution >= 0.6 is 11.6 Å². The van der Waals surface area contributed by atoms with Crippen molar-refractivity contribution in [2.75, 3.05) is 13.2 Å². The van der Waals surface area contributed by atoms with Gasteiger partial charge in [0.15, 0.2) is 0 Å². The molecule has 1 fully saturated rings. The summed E-state index contributed by atoms with van der Waals surface area (Å²) in [4.78, 5) is 22.7. The number of nitrogens with zero attached hydrogens (tertiary/aromatic N) is 5. The zero-order valence-electron chi connectivity index (χ0n) is 19.8. The normalized spacial score (nSPS) is 14.9. The van der Waals surface area contributed by atoms with Crippen LogP contribution in [0.3, 0.4) is 0 Å². The maximum absolute atomic E-state index is 13.4. The number of ether oxygens (including phenoxy) is 1. The number of carbonyl (C=O) groups is 1. The Hall–Kier alpha value is -3.80. The summed E-state index contributed by atoms with van der Waals surface area (Å²) in [7, 11) is 1.81. The Balaban J connectivity index is 1.41. The molecule has 8 nitrogen and oxygen atoms in total. The average Bonchev–Trinajstić information content (AvgIpc) is 3.33. The molecule has 0 radical (unpaired) electrons. The van der Waals surface area contributed by atoms with Gasteiger partial charge in [-0.05, 0) is 48.6 Å². The van der Waals surface area contributed by atoms with Crippen molar-refractivity contribution in [3.8, 4) is 6.07 Å². The van der Waals surface area contributed by atoms with Gasteiger partial charge in [-0.25, -0.2) is 9.97 Å². The standard InChI is InChI=1S/C27H25ClN6O2/c1-34-16-22(15-31-34)26(18-2-4-20(13-29)23(28)11-18)33-27(35)19-3-5-21-14-30-25(32-24(21)12-19)10-17-6-8-36-9-7-17/h2-5,11-12,14-17,26H,6-10H2,1H3,(H,33,35)/t26-/m1/s1. The first kappa shape index (κ1) is 23.9. The highest BCUT2D eigenvalue weighted by Crippen LogP contribution is 2.27. The fourth-order valence-corrected chi connectivity index (χ4v) is 4.71. The first-order valence-corrected chi connectivity index (χ1v) is 12.2. The monoisotopic (exact) mass is 500 g/mol. The lowest BCUT2D eigenvalue weighted by Gasteiger charge is -2.21. The topological polar surface area (TPSA) is 106 Å². The van der Waals surface area contributed by atoms with E-state index in [2.05, 4.69) is 21.5 Å². The quantitative estimate of drug-likeness (QED) is 0.421. The van der Waals surface area contributed by atoms with Crippen molar-refractivity contribution in [3.05, 3.63) is 88.1 Å². The molecule has 1 amide bonds. The summed E-state index contributed by atoms with van der Waals surface area (Å²) in [5.41, 5.74) is 3.16. The summed E-state index contributed by atoms with van der Waals surface area (Å²) >= 11 is 6.29. The van der Waals surface area contributed by atoms with Crippen LogP contribution in [0.25, 0.3) is 10.9 Å². The van der Waals surface area contributed by atoms with Crippen LogP contribution in [0.2, 0.25) is 5.02 Å². The number of aromatic nitrogens is 4. The van der Waals surface area contributed by atoms with E-state index in [9.17, 15) is 10.1 Å². The second kappa shape index (κ2) is 10.4. The van der Waals surface area contributed by atoms with E-state index in [1.54, 1.807) is 41.2 Å². The zero-order valence-corrected chi connectivity index (χ0v) is 20.6. The molecule has 1 atom stereocenters. The van der Waals surface area contributed by atoms with Gasteiger partial charge in [0.25, 0.3) is 5.91 Å². The lowest BCUT2D eigenvalue weighted by atomic mass is 9.96. The molecule has 9 heteroatoms. The molecule has 1 saturated heterocycles. The van der Waals surface area contributed by atoms with Gasteiger partial charge in [0.05, 0.1) is 28.3 Å². The third-order valence-electron chi connectivity index (χ3n) is 6.49. The lowest BCUT2D eigenvalue weighted by molar-refractivity contribution is 0.0660. The Morgan fingerprint density at radius 1 is 1.22 bits per heavy atom. The minimum atomic E-state index is -0.498. The molecule has 36 heavy (non-hydrogen) atoms. The van der Waals surface area contributed by atoms with Crippen molar-refractivity contribution in [1.29, 1.82) is 5.26 Å². The van der Waals surface area contributed by atoms with Gasteiger partial charge in [0, 0.05) is 55.6 Å². The highest BCUT2D eigenvalue weighted by Gasteiger charge is 2.21. The van der Waals surface area contributed by atoms with Gasteiger partial charge in [-0.15, -0.1) is 0 Å². The minimum absolute atomic E-state index is 0.254. The number of nitriles is 1. The van der Waals surface area contributed by atoms with Crippen LogP contribution in [0.15, 0.2) is 55.0 Å². The summed E-state index contributed by atoms with van der Waals surface area (Å²) in [6.07, 6.45) is 8.19. The van der Waals surface area contributed by atoms with Crippen LogP contribution in [0.1, 0.15) is 51.8 Å². The van der Waals surface area contributed by atoms with Crippen molar-refractivity contribution in [1.82, 2.24) is 25.1 Å². The van der Waals surface area contributed by atoms with E-state index in [1.807, 2.05) is 25.5 Å². The molecule has 0 saturated carbocycles. The summed E-state index contributed by atoms with van der Waals surface area (Å²) in [5.74, 6) is 1.05. The zero-order chi connectivity index (χ0) is 25.1. The van der Waals surface area contributed by atoms with E-state index in [1.165, 1.54) is 0 Å². The van der Waals surface area contributed by atoms with Crippen LogP contribution in [0.4, 0.5) is 0 Å². The predicted octanol–water partition coefficient (Wildman–Crippen LogP) is 4.38. The van der Waals surface area contributed by atoms with Crippen LogP contribution in [0, 0.1) is 17.2 Å². The van der Waals surface area contributed by atoms with Crippen LogP contribution in [-0.4, -0.2) is 38.9 Å². The molecule has 0 spiro atoms. The van der Waals surface area contributed by atoms with Gasteiger partial charge in [-0.3, -0.25) is 9.48 Å². The molecule has 182 valence electrons. The second-order valence-electron chi connectivity index (χ2n) is 9.02. The van der Waals surface area contributed by atoms with Gasteiger partial charge < -0.3 is 10.1 Å². The van der Waals surface area contributed by atoms with Crippen molar-refractivity contribution >= 4 is 28.4 Å².